The van der Waals surface area contributed by atoms with Crippen molar-refractivity contribution in [3.63, 3.8) is 0 Å². The van der Waals surface area contributed by atoms with Crippen LogP contribution in [0.15, 0.2) is 47.5 Å². The van der Waals surface area contributed by atoms with Crippen molar-refractivity contribution < 1.29 is 4.79 Å². The normalized spacial score (nSPS) is 17.4. The predicted molar refractivity (Wildman–Crippen MR) is 123 cm³/mol. The molecule has 1 aliphatic heterocycles. The Morgan fingerprint density at radius 3 is 2.72 bits per heavy atom. The predicted octanol–water partition coefficient (Wildman–Crippen LogP) is 3.26. The van der Waals surface area contributed by atoms with Crippen molar-refractivity contribution in [2.75, 3.05) is 13.1 Å². The molecule has 1 aliphatic rings. The summed E-state index contributed by atoms with van der Waals surface area (Å²) in [7, 11) is 1.78. The fourth-order valence-electron chi connectivity index (χ4n) is 4.67. The summed E-state index contributed by atoms with van der Waals surface area (Å²) in [4.78, 5) is 33.0. The maximum atomic E-state index is 13.2. The smallest absolute Gasteiger partial charge is 0.330 e. The van der Waals surface area contributed by atoms with Crippen LogP contribution in [0, 0.1) is 5.41 Å². The van der Waals surface area contributed by atoms with Crippen molar-refractivity contribution in [1.29, 1.82) is 0 Å². The second-order valence-electron chi connectivity index (χ2n) is 9.64. The van der Waals surface area contributed by atoms with E-state index < -0.39 is 5.41 Å². The Bertz CT molecular complexity index is 1390. The van der Waals surface area contributed by atoms with Gasteiger partial charge in [0.05, 0.1) is 29.0 Å². The molecular weight excluding hydrogens is 404 g/mol. The Hall–Kier alpha value is -3.42. The highest BCUT2D eigenvalue weighted by Crippen LogP contribution is 2.29. The van der Waals surface area contributed by atoms with Gasteiger partial charge in [0.1, 0.15) is 0 Å². The minimum absolute atomic E-state index is 0.0976. The first-order valence-electron chi connectivity index (χ1n) is 11.1. The molecule has 1 amide bonds. The average Bonchev–Trinajstić information content (AvgIpc) is 3.31. The van der Waals surface area contributed by atoms with Gasteiger partial charge in [-0.15, -0.1) is 0 Å². The minimum Gasteiger partial charge on any atom is -0.340 e. The molecule has 0 spiro atoms. The fraction of sp³-hybridized carbons (Fsp3) is 0.417. The van der Waals surface area contributed by atoms with Crippen LogP contribution in [0.4, 0.5) is 0 Å². The van der Waals surface area contributed by atoms with Gasteiger partial charge in [-0.25, -0.2) is 14.3 Å². The molecule has 1 saturated heterocycles. The van der Waals surface area contributed by atoms with E-state index in [1.165, 1.54) is 0 Å². The van der Waals surface area contributed by atoms with Crippen molar-refractivity contribution in [2.45, 2.75) is 39.7 Å². The highest BCUT2D eigenvalue weighted by atomic mass is 16.2. The van der Waals surface area contributed by atoms with Crippen LogP contribution in [-0.4, -0.2) is 47.6 Å². The van der Waals surface area contributed by atoms with Crippen molar-refractivity contribution in [3.8, 4) is 11.3 Å². The third kappa shape index (κ3) is 3.21. The molecule has 1 atom stereocenters. The molecule has 0 N–H and O–H groups in total. The van der Waals surface area contributed by atoms with Gasteiger partial charge in [0.25, 0.3) is 0 Å². The van der Waals surface area contributed by atoms with E-state index in [0.717, 1.165) is 41.7 Å². The third-order valence-corrected chi connectivity index (χ3v) is 6.33. The van der Waals surface area contributed by atoms with Gasteiger partial charge < -0.3 is 4.90 Å². The highest BCUT2D eigenvalue weighted by Gasteiger charge is 2.33. The number of hydrogen-bond acceptors (Lipinski definition) is 4. The molecule has 5 heterocycles. The number of nitrogens with zero attached hydrogens (tertiary/aromatic N) is 6. The molecule has 32 heavy (non-hydrogen) atoms. The molecule has 0 bridgehead atoms. The lowest BCUT2D eigenvalue weighted by Crippen LogP contribution is -2.47. The fourth-order valence-corrected chi connectivity index (χ4v) is 4.67. The van der Waals surface area contributed by atoms with E-state index >= 15 is 0 Å². The Morgan fingerprint density at radius 2 is 1.94 bits per heavy atom. The second kappa shape index (κ2) is 7.32. The van der Waals surface area contributed by atoms with E-state index in [4.69, 9.17) is 4.98 Å². The zero-order chi connectivity index (χ0) is 22.6. The van der Waals surface area contributed by atoms with Crippen molar-refractivity contribution >= 4 is 22.6 Å². The molecule has 0 aromatic carbocycles. The SMILES string of the molecule is Cn1c(=O)n(C2CCCN(C(=O)C(C)(C)C)C2)c2nc(-c3cnn4ccccc34)ccc21. The number of piperidine rings is 1. The van der Waals surface area contributed by atoms with E-state index in [1.807, 2.05) is 66.7 Å². The van der Waals surface area contributed by atoms with Crippen molar-refractivity contribution in [3.05, 3.63) is 53.2 Å². The molecule has 4 aromatic heterocycles. The van der Waals surface area contributed by atoms with Crippen LogP contribution in [0.25, 0.3) is 27.9 Å². The number of carbonyl (C=O) groups is 1. The summed E-state index contributed by atoms with van der Waals surface area (Å²) < 4.78 is 5.25. The van der Waals surface area contributed by atoms with Crippen LogP contribution < -0.4 is 5.69 Å². The standard InChI is InChI=1S/C24H28N6O2/c1-24(2,3)22(31)28-12-7-8-16(15-28)30-21-20(27(4)23(30)32)11-10-18(26-21)17-14-25-29-13-6-5-9-19(17)29/h5-6,9-11,13-14,16H,7-8,12,15H2,1-4H3. The quantitative estimate of drug-likeness (QED) is 0.487. The molecule has 8 heteroatoms. The Morgan fingerprint density at radius 1 is 1.12 bits per heavy atom. The summed E-state index contributed by atoms with van der Waals surface area (Å²) in [6.45, 7) is 7.07. The second-order valence-corrected chi connectivity index (χ2v) is 9.64. The van der Waals surface area contributed by atoms with E-state index in [2.05, 4.69) is 5.10 Å². The number of pyridine rings is 2. The van der Waals surface area contributed by atoms with Crippen LogP contribution in [-0.2, 0) is 11.8 Å². The van der Waals surface area contributed by atoms with Crippen molar-refractivity contribution in [2.24, 2.45) is 12.5 Å². The van der Waals surface area contributed by atoms with E-state index in [1.54, 1.807) is 22.4 Å². The molecule has 5 rings (SSSR count). The van der Waals surface area contributed by atoms with Gasteiger partial charge in [0, 0.05) is 37.3 Å². The summed E-state index contributed by atoms with van der Waals surface area (Å²) in [5, 5.41) is 4.42. The summed E-state index contributed by atoms with van der Waals surface area (Å²) in [5.74, 6) is 0.121. The maximum Gasteiger partial charge on any atom is 0.330 e. The van der Waals surface area contributed by atoms with Gasteiger partial charge in [0.2, 0.25) is 5.91 Å². The molecule has 0 saturated carbocycles. The van der Waals surface area contributed by atoms with Gasteiger partial charge in [-0.1, -0.05) is 26.8 Å². The number of rotatable bonds is 2. The largest absolute Gasteiger partial charge is 0.340 e. The summed E-state index contributed by atoms with van der Waals surface area (Å²) in [6.07, 6.45) is 5.41. The highest BCUT2D eigenvalue weighted by molar-refractivity contribution is 5.83. The average molecular weight is 433 g/mol. The number of likely N-dealkylation sites (tertiary alicyclic amines) is 1. The molecule has 8 nitrogen and oxygen atoms in total. The van der Waals surface area contributed by atoms with Gasteiger partial charge >= 0.3 is 5.69 Å². The Labute approximate surface area is 186 Å². The van der Waals surface area contributed by atoms with Gasteiger partial charge in [-0.05, 0) is 37.1 Å². The number of hydrogen-bond donors (Lipinski definition) is 0. The topological polar surface area (TPSA) is 77.4 Å². The van der Waals surface area contributed by atoms with Crippen LogP contribution in [0.3, 0.4) is 0 Å². The molecular formula is C24H28N6O2. The molecule has 1 unspecified atom stereocenters. The molecule has 0 aliphatic carbocycles. The summed E-state index contributed by atoms with van der Waals surface area (Å²) >= 11 is 0. The summed E-state index contributed by atoms with van der Waals surface area (Å²) in [5.41, 5.74) is 3.55. The monoisotopic (exact) mass is 432 g/mol. The van der Waals surface area contributed by atoms with Crippen LogP contribution in [0.2, 0.25) is 0 Å². The molecule has 0 radical (unpaired) electrons. The van der Waals surface area contributed by atoms with E-state index in [9.17, 15) is 9.59 Å². The van der Waals surface area contributed by atoms with Gasteiger partial charge in [0.15, 0.2) is 5.65 Å². The minimum atomic E-state index is -0.444. The molecule has 1 fully saturated rings. The zero-order valence-electron chi connectivity index (χ0n) is 18.9. The first-order valence-corrected chi connectivity index (χ1v) is 11.1. The number of aromatic nitrogens is 5. The van der Waals surface area contributed by atoms with Crippen LogP contribution in [0.1, 0.15) is 39.7 Å². The summed E-state index contributed by atoms with van der Waals surface area (Å²) in [6, 6.07) is 9.69. The number of aryl methyl sites for hydroxylation is 1. The van der Waals surface area contributed by atoms with E-state index in [-0.39, 0.29) is 17.6 Å². The lowest BCUT2D eigenvalue weighted by molar-refractivity contribution is -0.141. The third-order valence-electron chi connectivity index (χ3n) is 6.33. The van der Waals surface area contributed by atoms with Crippen molar-refractivity contribution in [1.82, 2.24) is 28.6 Å². The first kappa shape index (κ1) is 20.5. The zero-order valence-corrected chi connectivity index (χ0v) is 18.9. The molecule has 4 aromatic rings. The van der Waals surface area contributed by atoms with Crippen LogP contribution >= 0.6 is 0 Å². The number of fused-ring (bicyclic) bond motifs is 2. The number of carbonyl (C=O) groups excluding carboxylic acids is 1. The maximum absolute atomic E-state index is 13.2. The van der Waals surface area contributed by atoms with Crippen LogP contribution in [0.5, 0.6) is 0 Å². The van der Waals surface area contributed by atoms with Gasteiger partial charge in [-0.3, -0.25) is 13.9 Å². The Balaban J connectivity index is 1.60. The lowest BCUT2D eigenvalue weighted by Gasteiger charge is -2.36. The van der Waals surface area contributed by atoms with E-state index in [0.29, 0.717) is 12.2 Å². The Kier molecular flexibility index (Phi) is 4.69. The lowest BCUT2D eigenvalue weighted by atomic mass is 9.93. The molecule has 166 valence electrons. The van der Waals surface area contributed by atoms with Gasteiger partial charge in [-0.2, -0.15) is 5.10 Å². The first-order chi connectivity index (χ1) is 15.3. The number of imidazole rings is 1. The number of amides is 1.